The molecule has 0 fully saturated rings. The van der Waals surface area contributed by atoms with Gasteiger partial charge in [-0.15, -0.1) is 0 Å². The van der Waals surface area contributed by atoms with Crippen LogP contribution in [0.1, 0.15) is 0 Å². The van der Waals surface area contributed by atoms with Crippen molar-refractivity contribution in [2.75, 3.05) is 4.90 Å². The molecule has 12 aromatic carbocycles. The van der Waals surface area contributed by atoms with Gasteiger partial charge >= 0.3 is 0 Å². The molecular weight excluding hydrogens is 861 g/mol. The molecule has 3 nitrogen and oxygen atoms in total. The van der Waals surface area contributed by atoms with Crippen LogP contribution >= 0.6 is 0 Å². The second-order valence-corrected chi connectivity index (χ2v) is 18.5. The lowest BCUT2D eigenvalue weighted by Gasteiger charge is -2.26. The summed E-state index contributed by atoms with van der Waals surface area (Å²) in [4.78, 5) is 2.37. The lowest BCUT2D eigenvalue weighted by Crippen LogP contribution is -2.10. The lowest BCUT2D eigenvalue weighted by atomic mass is 9.93. The third-order valence-corrected chi connectivity index (χ3v) is 14.4. The van der Waals surface area contributed by atoms with Gasteiger partial charge in [0.2, 0.25) is 0 Å². The molecule has 0 aliphatic heterocycles. The van der Waals surface area contributed by atoms with E-state index in [2.05, 4.69) is 264 Å². The molecule has 0 unspecified atom stereocenters. The van der Waals surface area contributed by atoms with Gasteiger partial charge in [-0.05, 0) is 151 Å². The molecule has 0 atom stereocenters. The highest BCUT2D eigenvalue weighted by Gasteiger charge is 2.18. The molecule has 14 aromatic rings. The van der Waals surface area contributed by atoms with Crippen molar-refractivity contribution in [2.45, 2.75) is 0 Å². The highest BCUT2D eigenvalue weighted by Crippen LogP contribution is 2.42. The van der Waals surface area contributed by atoms with Gasteiger partial charge in [-0.2, -0.15) is 0 Å². The summed E-state index contributed by atoms with van der Waals surface area (Å²) in [6.07, 6.45) is 0. The van der Waals surface area contributed by atoms with Gasteiger partial charge in [0.15, 0.2) is 0 Å². The molecule has 0 N–H and O–H groups in total. The zero-order valence-corrected chi connectivity index (χ0v) is 38.7. The Morgan fingerprint density at radius 3 is 1.45 bits per heavy atom. The van der Waals surface area contributed by atoms with Crippen molar-refractivity contribution in [2.24, 2.45) is 0 Å². The summed E-state index contributed by atoms with van der Waals surface area (Å²) < 4.78 is 8.67. The van der Waals surface area contributed by atoms with Crippen molar-refractivity contribution < 1.29 is 4.42 Å². The van der Waals surface area contributed by atoms with Crippen LogP contribution in [0.2, 0.25) is 0 Å². The molecule has 2 aromatic heterocycles. The number of benzene rings is 12. The van der Waals surface area contributed by atoms with E-state index in [1.165, 1.54) is 71.2 Å². The molecule has 0 bridgehead atoms. The molecule has 0 aliphatic rings. The second kappa shape index (κ2) is 16.7. The summed E-state index contributed by atoms with van der Waals surface area (Å²) in [5.41, 5.74) is 17.9. The molecule has 2 heterocycles. The topological polar surface area (TPSA) is 21.3 Å². The Morgan fingerprint density at radius 1 is 0.268 bits per heavy atom. The van der Waals surface area contributed by atoms with Crippen LogP contribution in [-0.2, 0) is 0 Å². The van der Waals surface area contributed by atoms with E-state index in [1.54, 1.807) is 0 Å². The minimum absolute atomic E-state index is 0.895. The summed E-state index contributed by atoms with van der Waals surface area (Å²) in [5.74, 6) is 0. The summed E-state index contributed by atoms with van der Waals surface area (Å²) in [5, 5.41) is 9.80. The average molecular weight is 905 g/mol. The molecule has 0 amide bonds. The minimum Gasteiger partial charge on any atom is -0.456 e. The number of aromatic nitrogens is 1. The molecule has 71 heavy (non-hydrogen) atoms. The fourth-order valence-electron chi connectivity index (χ4n) is 10.9. The van der Waals surface area contributed by atoms with E-state index in [9.17, 15) is 0 Å². The van der Waals surface area contributed by atoms with E-state index in [-0.39, 0.29) is 0 Å². The van der Waals surface area contributed by atoms with Crippen LogP contribution in [0.3, 0.4) is 0 Å². The van der Waals surface area contributed by atoms with Crippen LogP contribution in [0, 0.1) is 0 Å². The molecule has 332 valence electrons. The predicted molar refractivity (Wildman–Crippen MR) is 299 cm³/mol. The van der Waals surface area contributed by atoms with Crippen LogP contribution in [0.15, 0.2) is 271 Å². The SMILES string of the molecule is c1cc(-c2cc3ccccc3c3ccccc23)cc(N(c2ccc(-c3ccc(-c4cccc(-n5c6ccccc6c6ccccc65)c4)cc3)cc2)c2ccc(-c3ccc4c(c3)oc3ccccc34)cc2)c1. The number of fused-ring (bicyclic) bond motifs is 9. The molecule has 14 rings (SSSR count). The number of hydrogen-bond acceptors (Lipinski definition) is 2. The quantitative estimate of drug-likeness (QED) is 0.142. The van der Waals surface area contributed by atoms with Crippen LogP contribution in [0.25, 0.3) is 115 Å². The molecule has 0 aliphatic carbocycles. The number of para-hydroxylation sites is 3. The fourth-order valence-corrected chi connectivity index (χ4v) is 10.9. The molecular formula is C68H44N2O. The summed E-state index contributed by atoms with van der Waals surface area (Å²) in [7, 11) is 0. The number of hydrogen-bond donors (Lipinski definition) is 0. The Kier molecular flexibility index (Phi) is 9.53. The molecule has 0 spiro atoms. The van der Waals surface area contributed by atoms with Crippen LogP contribution in [0.4, 0.5) is 17.1 Å². The van der Waals surface area contributed by atoms with E-state index in [0.29, 0.717) is 0 Å². The predicted octanol–water partition coefficient (Wildman–Crippen LogP) is 19.1. The lowest BCUT2D eigenvalue weighted by molar-refractivity contribution is 0.669. The molecule has 0 saturated carbocycles. The zero-order valence-electron chi connectivity index (χ0n) is 38.7. The first-order valence-electron chi connectivity index (χ1n) is 24.3. The fraction of sp³-hybridized carbons (Fsp3) is 0. The highest BCUT2D eigenvalue weighted by molar-refractivity contribution is 6.14. The first kappa shape index (κ1) is 40.6. The summed E-state index contributed by atoms with van der Waals surface area (Å²) in [6.45, 7) is 0. The largest absolute Gasteiger partial charge is 0.456 e. The van der Waals surface area contributed by atoms with Gasteiger partial charge in [0.05, 0.1) is 11.0 Å². The van der Waals surface area contributed by atoms with Crippen molar-refractivity contribution in [3.8, 4) is 50.2 Å². The van der Waals surface area contributed by atoms with Crippen molar-refractivity contribution in [1.29, 1.82) is 0 Å². The smallest absolute Gasteiger partial charge is 0.136 e. The van der Waals surface area contributed by atoms with Crippen molar-refractivity contribution in [3.63, 3.8) is 0 Å². The second-order valence-electron chi connectivity index (χ2n) is 18.5. The van der Waals surface area contributed by atoms with Gasteiger partial charge in [0.25, 0.3) is 0 Å². The van der Waals surface area contributed by atoms with E-state index in [0.717, 1.165) is 61.4 Å². The van der Waals surface area contributed by atoms with Crippen LogP contribution < -0.4 is 4.90 Å². The van der Waals surface area contributed by atoms with E-state index >= 15 is 0 Å². The van der Waals surface area contributed by atoms with Gasteiger partial charge in [0.1, 0.15) is 11.2 Å². The summed E-state index contributed by atoms with van der Waals surface area (Å²) >= 11 is 0. The summed E-state index contributed by atoms with van der Waals surface area (Å²) in [6, 6.07) is 96.7. The van der Waals surface area contributed by atoms with E-state index in [4.69, 9.17) is 4.42 Å². The maximum absolute atomic E-state index is 6.29. The van der Waals surface area contributed by atoms with Gasteiger partial charge in [-0.3, -0.25) is 0 Å². The maximum Gasteiger partial charge on any atom is 0.136 e. The van der Waals surface area contributed by atoms with Gasteiger partial charge in [-0.25, -0.2) is 0 Å². The van der Waals surface area contributed by atoms with Crippen molar-refractivity contribution in [1.82, 2.24) is 4.57 Å². The Labute approximate surface area is 411 Å². The van der Waals surface area contributed by atoms with Crippen molar-refractivity contribution >= 4 is 82.4 Å². The van der Waals surface area contributed by atoms with Crippen LogP contribution in [0.5, 0.6) is 0 Å². The van der Waals surface area contributed by atoms with Crippen molar-refractivity contribution in [3.05, 3.63) is 267 Å². The Bertz CT molecular complexity index is 4280. The van der Waals surface area contributed by atoms with Crippen LogP contribution in [-0.4, -0.2) is 4.57 Å². The number of rotatable bonds is 8. The average Bonchev–Trinajstić information content (AvgIpc) is 3.99. The first-order valence-corrected chi connectivity index (χ1v) is 24.3. The normalized spacial score (nSPS) is 11.7. The first-order chi connectivity index (χ1) is 35.2. The zero-order chi connectivity index (χ0) is 46.8. The Balaban J connectivity index is 0.818. The minimum atomic E-state index is 0.895. The van der Waals surface area contributed by atoms with Gasteiger partial charge < -0.3 is 13.9 Å². The number of furan rings is 1. The van der Waals surface area contributed by atoms with Gasteiger partial charge in [-0.1, -0.05) is 182 Å². The number of anilines is 3. The third-order valence-electron chi connectivity index (χ3n) is 14.4. The van der Waals surface area contributed by atoms with E-state index < -0.39 is 0 Å². The number of nitrogens with zero attached hydrogens (tertiary/aromatic N) is 2. The third kappa shape index (κ3) is 6.97. The Morgan fingerprint density at radius 2 is 0.761 bits per heavy atom. The highest BCUT2D eigenvalue weighted by atomic mass is 16.3. The monoisotopic (exact) mass is 904 g/mol. The van der Waals surface area contributed by atoms with E-state index in [1.807, 2.05) is 12.1 Å². The maximum atomic E-state index is 6.29. The molecule has 0 saturated heterocycles. The molecule has 0 radical (unpaired) electrons. The Hall–Kier alpha value is -9.44. The molecule has 3 heteroatoms. The standard InChI is InChI=1S/C68H44N2O/c1-2-18-57-52(13-1)43-64(59-20-4-3-19-58(57)59)51-15-12-16-55(42-51)69(54-38-33-48(34-39-54)50-35-40-63-62-23-7-10-26-67(62)71-68(63)44-50)53-36-31-46(32-37-53)45-27-29-47(30-28-45)49-14-11-17-56(41-49)70-65-24-8-5-21-60(65)61-22-6-9-25-66(61)70/h1-44H. The van der Waals surface area contributed by atoms with Gasteiger partial charge in [0, 0.05) is 44.3 Å².